The minimum Gasteiger partial charge on any atom is -0.478 e. The lowest BCUT2D eigenvalue weighted by atomic mass is 10.1. The maximum atomic E-state index is 11.5. The number of benzene rings is 1. The van der Waals surface area contributed by atoms with Gasteiger partial charge in [-0.15, -0.1) is 0 Å². The minimum atomic E-state index is -0.990. The lowest BCUT2D eigenvalue weighted by Crippen LogP contribution is -2.18. The van der Waals surface area contributed by atoms with Gasteiger partial charge < -0.3 is 15.2 Å². The highest BCUT2D eigenvalue weighted by molar-refractivity contribution is 5.92. The van der Waals surface area contributed by atoms with Crippen LogP contribution >= 0.6 is 0 Å². The maximum Gasteiger partial charge on any atom is 0.335 e. The number of nitrogens with one attached hydrogen (secondary N) is 1. The molecule has 2 aromatic rings. The molecule has 1 amide bonds. The Morgan fingerprint density at radius 2 is 2.00 bits per heavy atom. The zero-order valence-electron chi connectivity index (χ0n) is 11.6. The predicted molar refractivity (Wildman–Crippen MR) is 75.8 cm³/mol. The van der Waals surface area contributed by atoms with Crippen LogP contribution in [-0.2, 0) is 0 Å². The molecule has 0 unspecified atom stereocenters. The van der Waals surface area contributed by atoms with Crippen molar-refractivity contribution in [1.82, 2.24) is 10.3 Å². The van der Waals surface area contributed by atoms with Gasteiger partial charge in [0, 0.05) is 19.3 Å². The molecule has 0 bridgehead atoms. The number of carboxylic acids is 1. The Morgan fingerprint density at radius 3 is 2.62 bits per heavy atom. The van der Waals surface area contributed by atoms with Crippen molar-refractivity contribution in [3.05, 3.63) is 53.3 Å². The second kappa shape index (κ2) is 6.04. The summed E-state index contributed by atoms with van der Waals surface area (Å²) >= 11 is 0. The maximum absolute atomic E-state index is 11.5. The number of amides is 1. The van der Waals surface area contributed by atoms with Gasteiger partial charge in [-0.1, -0.05) is 0 Å². The van der Waals surface area contributed by atoms with Crippen molar-refractivity contribution < 1.29 is 19.4 Å². The molecule has 2 rings (SSSR count). The van der Waals surface area contributed by atoms with Crippen LogP contribution in [0, 0.1) is 6.92 Å². The van der Waals surface area contributed by atoms with Crippen LogP contribution in [0.1, 0.15) is 26.4 Å². The first-order valence-electron chi connectivity index (χ1n) is 6.21. The van der Waals surface area contributed by atoms with E-state index in [2.05, 4.69) is 10.3 Å². The van der Waals surface area contributed by atoms with E-state index in [0.29, 0.717) is 17.1 Å². The summed E-state index contributed by atoms with van der Waals surface area (Å²) in [6.07, 6.45) is 1.47. The number of aryl methyl sites for hydroxylation is 1. The Bertz CT molecular complexity index is 698. The van der Waals surface area contributed by atoms with Crippen LogP contribution in [0.5, 0.6) is 11.5 Å². The number of carbonyl (C=O) groups is 2. The number of carbonyl (C=O) groups excluding carboxylic acids is 1. The van der Waals surface area contributed by atoms with Crippen molar-refractivity contribution in [3.8, 4) is 11.5 Å². The molecule has 1 aromatic heterocycles. The zero-order valence-corrected chi connectivity index (χ0v) is 11.6. The van der Waals surface area contributed by atoms with Crippen molar-refractivity contribution in [1.29, 1.82) is 0 Å². The van der Waals surface area contributed by atoms with E-state index in [9.17, 15) is 9.59 Å². The average molecular weight is 286 g/mol. The van der Waals surface area contributed by atoms with Gasteiger partial charge in [-0.3, -0.25) is 9.78 Å². The second-order valence-electron chi connectivity index (χ2n) is 4.34. The number of carboxylic acid groups (broad SMARTS) is 1. The number of aromatic nitrogens is 1. The van der Waals surface area contributed by atoms with Gasteiger partial charge in [0.05, 0.1) is 5.56 Å². The first-order chi connectivity index (χ1) is 10.0. The van der Waals surface area contributed by atoms with Gasteiger partial charge in [0.2, 0.25) is 0 Å². The van der Waals surface area contributed by atoms with E-state index in [1.807, 2.05) is 0 Å². The summed E-state index contributed by atoms with van der Waals surface area (Å²) in [5, 5.41) is 11.4. The van der Waals surface area contributed by atoms with Crippen LogP contribution in [0.25, 0.3) is 0 Å². The lowest BCUT2D eigenvalue weighted by Gasteiger charge is -2.10. The topological polar surface area (TPSA) is 88.5 Å². The summed E-state index contributed by atoms with van der Waals surface area (Å²) < 4.78 is 5.67. The fourth-order valence-corrected chi connectivity index (χ4v) is 1.75. The highest BCUT2D eigenvalue weighted by atomic mass is 16.5. The van der Waals surface area contributed by atoms with Crippen molar-refractivity contribution >= 4 is 11.9 Å². The third kappa shape index (κ3) is 3.36. The molecule has 1 heterocycles. The van der Waals surface area contributed by atoms with Crippen LogP contribution < -0.4 is 10.1 Å². The number of pyridine rings is 1. The van der Waals surface area contributed by atoms with E-state index in [1.165, 1.54) is 31.4 Å². The van der Waals surface area contributed by atoms with E-state index in [0.717, 1.165) is 0 Å². The summed E-state index contributed by atoms with van der Waals surface area (Å²) in [4.78, 5) is 26.3. The summed E-state index contributed by atoms with van der Waals surface area (Å²) in [6, 6.07) is 7.71. The van der Waals surface area contributed by atoms with Crippen LogP contribution in [0.4, 0.5) is 0 Å². The van der Waals surface area contributed by atoms with Crippen LogP contribution in [-0.4, -0.2) is 29.0 Å². The third-order valence-corrected chi connectivity index (χ3v) is 2.84. The molecular weight excluding hydrogens is 272 g/mol. The molecule has 108 valence electrons. The lowest BCUT2D eigenvalue weighted by molar-refractivity contribution is 0.0696. The van der Waals surface area contributed by atoms with Crippen LogP contribution in [0.15, 0.2) is 36.5 Å². The smallest absolute Gasteiger partial charge is 0.335 e. The molecule has 2 N–H and O–H groups in total. The summed E-state index contributed by atoms with van der Waals surface area (Å²) in [5.41, 5.74) is 1.13. The molecule has 0 saturated carbocycles. The van der Waals surface area contributed by atoms with Gasteiger partial charge in [0.25, 0.3) is 5.91 Å². The standard InChI is InChI=1S/C15H14N2O4/c1-9-7-10(15(19)20)3-4-13(9)21-11-5-6-17-12(8-11)14(18)16-2/h3-8H,1-2H3,(H,16,18)(H,19,20). The van der Waals surface area contributed by atoms with Crippen molar-refractivity contribution in [2.45, 2.75) is 6.92 Å². The molecule has 0 fully saturated rings. The van der Waals surface area contributed by atoms with Gasteiger partial charge in [-0.25, -0.2) is 4.79 Å². The molecular formula is C15H14N2O4. The summed E-state index contributed by atoms with van der Waals surface area (Å²) in [7, 11) is 1.52. The molecule has 0 saturated heterocycles. The van der Waals surface area contributed by atoms with Gasteiger partial charge in [0.1, 0.15) is 17.2 Å². The fraction of sp³-hybridized carbons (Fsp3) is 0.133. The third-order valence-electron chi connectivity index (χ3n) is 2.84. The number of hydrogen-bond donors (Lipinski definition) is 2. The summed E-state index contributed by atoms with van der Waals surface area (Å²) in [6.45, 7) is 1.75. The van der Waals surface area contributed by atoms with Crippen LogP contribution in [0.3, 0.4) is 0 Å². The van der Waals surface area contributed by atoms with Crippen LogP contribution in [0.2, 0.25) is 0 Å². The summed E-state index contributed by atoms with van der Waals surface area (Å²) in [5.74, 6) is -0.322. The van der Waals surface area contributed by atoms with E-state index in [1.54, 1.807) is 19.1 Å². The molecule has 6 heteroatoms. The quantitative estimate of drug-likeness (QED) is 0.899. The Hall–Kier alpha value is -2.89. The number of rotatable bonds is 4. The van der Waals surface area contributed by atoms with E-state index < -0.39 is 5.97 Å². The SMILES string of the molecule is CNC(=O)c1cc(Oc2ccc(C(=O)O)cc2C)ccn1. The molecule has 6 nitrogen and oxygen atoms in total. The Labute approximate surface area is 121 Å². The van der Waals surface area contributed by atoms with Crippen molar-refractivity contribution in [3.63, 3.8) is 0 Å². The first-order valence-corrected chi connectivity index (χ1v) is 6.21. The van der Waals surface area contributed by atoms with Gasteiger partial charge in [-0.2, -0.15) is 0 Å². The molecule has 0 spiro atoms. The normalized spacial score (nSPS) is 10.0. The molecule has 0 aliphatic heterocycles. The van der Waals surface area contributed by atoms with Crippen molar-refractivity contribution in [2.75, 3.05) is 7.05 Å². The largest absolute Gasteiger partial charge is 0.478 e. The Balaban J connectivity index is 2.26. The first kappa shape index (κ1) is 14.5. The molecule has 0 atom stereocenters. The monoisotopic (exact) mass is 286 g/mol. The Morgan fingerprint density at radius 1 is 1.24 bits per heavy atom. The van der Waals surface area contributed by atoms with Crippen molar-refractivity contribution in [2.24, 2.45) is 0 Å². The average Bonchev–Trinajstić information content (AvgIpc) is 2.48. The van der Waals surface area contributed by atoms with Gasteiger partial charge in [-0.05, 0) is 36.8 Å². The fourth-order valence-electron chi connectivity index (χ4n) is 1.75. The number of hydrogen-bond acceptors (Lipinski definition) is 4. The van der Waals surface area contributed by atoms with Gasteiger partial charge >= 0.3 is 5.97 Å². The van der Waals surface area contributed by atoms with E-state index in [4.69, 9.17) is 9.84 Å². The highest BCUT2D eigenvalue weighted by Crippen LogP contribution is 2.26. The minimum absolute atomic E-state index is 0.195. The van der Waals surface area contributed by atoms with E-state index >= 15 is 0 Å². The highest BCUT2D eigenvalue weighted by Gasteiger charge is 2.09. The Kier molecular flexibility index (Phi) is 4.18. The molecule has 21 heavy (non-hydrogen) atoms. The number of aromatic carboxylic acids is 1. The molecule has 0 aliphatic carbocycles. The number of ether oxygens (including phenoxy) is 1. The number of nitrogens with zero attached hydrogens (tertiary/aromatic N) is 1. The van der Waals surface area contributed by atoms with E-state index in [-0.39, 0.29) is 17.2 Å². The molecule has 1 aromatic carbocycles. The zero-order chi connectivity index (χ0) is 15.4. The predicted octanol–water partition coefficient (Wildman–Crippen LogP) is 2.24. The second-order valence-corrected chi connectivity index (χ2v) is 4.34. The molecule has 0 radical (unpaired) electrons. The molecule has 0 aliphatic rings. The van der Waals surface area contributed by atoms with Gasteiger partial charge in [0.15, 0.2) is 0 Å².